The van der Waals surface area contributed by atoms with Gasteiger partial charge in [-0.3, -0.25) is 0 Å². The fourth-order valence-electron chi connectivity index (χ4n) is 2.81. The first-order chi connectivity index (χ1) is 13.0. The zero-order chi connectivity index (χ0) is 19.8. The van der Waals surface area contributed by atoms with Crippen LogP contribution in [-0.4, -0.2) is 45.4 Å². The summed E-state index contributed by atoms with van der Waals surface area (Å²) in [6.07, 6.45) is 1.50. The van der Waals surface area contributed by atoms with E-state index in [-0.39, 0.29) is 31.8 Å². The number of benzene rings is 1. The van der Waals surface area contributed by atoms with E-state index in [4.69, 9.17) is 31.5 Å². The van der Waals surface area contributed by atoms with Crippen molar-refractivity contribution < 1.29 is 23.8 Å². The summed E-state index contributed by atoms with van der Waals surface area (Å²) in [5.41, 5.74) is 7.04. The highest BCUT2D eigenvalue weighted by atomic mass is 35.5. The highest BCUT2D eigenvalue weighted by Crippen LogP contribution is 2.40. The van der Waals surface area contributed by atoms with Crippen molar-refractivity contribution in [3.05, 3.63) is 57.9 Å². The molecule has 8 heteroatoms. The molecule has 0 aromatic heterocycles. The molecule has 1 aromatic rings. The second-order valence-corrected chi connectivity index (χ2v) is 6.05. The number of carbonyl (C=O) groups excluding carboxylic acids is 2. The van der Waals surface area contributed by atoms with Crippen LogP contribution in [0.1, 0.15) is 25.8 Å². The third-order valence-electron chi connectivity index (χ3n) is 3.97. The van der Waals surface area contributed by atoms with Gasteiger partial charge in [-0.05, 0) is 18.6 Å². The fraction of sp³-hybridized carbons (Fsp3) is 0.400. The van der Waals surface area contributed by atoms with Gasteiger partial charge in [-0.1, -0.05) is 37.2 Å². The molecule has 1 aliphatic heterocycles. The van der Waals surface area contributed by atoms with Crippen molar-refractivity contribution in [3.8, 4) is 0 Å². The van der Waals surface area contributed by atoms with Gasteiger partial charge in [0.15, 0.2) is 0 Å². The number of rotatable bonds is 8. The van der Waals surface area contributed by atoms with E-state index in [1.54, 1.807) is 31.2 Å². The van der Waals surface area contributed by atoms with E-state index < -0.39 is 17.9 Å². The molecular formula is C20H27ClN2O5. The van der Waals surface area contributed by atoms with Crippen LogP contribution in [0.3, 0.4) is 0 Å². The summed E-state index contributed by atoms with van der Waals surface area (Å²) in [4.78, 5) is 25.1. The summed E-state index contributed by atoms with van der Waals surface area (Å²) in [5, 5.41) is 3.38. The lowest BCUT2D eigenvalue weighted by molar-refractivity contribution is -0.139. The number of esters is 2. The van der Waals surface area contributed by atoms with Crippen molar-refractivity contribution in [3.63, 3.8) is 0 Å². The van der Waals surface area contributed by atoms with Crippen LogP contribution in [0.15, 0.2) is 47.3 Å². The summed E-state index contributed by atoms with van der Waals surface area (Å²) in [6.45, 7) is 2.68. The number of halogens is 1. The second-order valence-electron chi connectivity index (χ2n) is 5.64. The number of dihydropyridines is 1. The molecular weight excluding hydrogens is 384 g/mol. The minimum atomic E-state index is -0.747. The maximum Gasteiger partial charge on any atom is 0.336 e. The molecule has 3 N–H and O–H groups in total. The zero-order valence-corrected chi connectivity index (χ0v) is 16.0. The summed E-state index contributed by atoms with van der Waals surface area (Å²) in [5.74, 6) is -1.88. The first-order valence-electron chi connectivity index (χ1n) is 8.52. The zero-order valence-electron chi connectivity index (χ0n) is 15.3. The van der Waals surface area contributed by atoms with Crippen LogP contribution in [0.4, 0.5) is 0 Å². The average molecular weight is 411 g/mol. The molecule has 0 aliphatic carbocycles. The van der Waals surface area contributed by atoms with Crippen molar-refractivity contribution in [1.29, 1.82) is 0 Å². The van der Waals surface area contributed by atoms with E-state index in [2.05, 4.69) is 5.32 Å². The quantitative estimate of drug-likeness (QED) is 0.501. The first kappa shape index (κ1) is 23.7. The standard InChI is InChI=1S/C19H23ClN2O5.CH4/c1-3-27-19(24)17-15(11-26-9-8-21)22-10-13(18(23)25-2)16(17)12-6-4-5-7-14(12)20;/h4-7,10,16,22H,3,8-9,11,21H2,1-2H3;1H4. The monoisotopic (exact) mass is 410 g/mol. The fourth-order valence-corrected chi connectivity index (χ4v) is 3.05. The Labute approximate surface area is 170 Å². The van der Waals surface area contributed by atoms with Gasteiger partial charge in [0.25, 0.3) is 0 Å². The molecule has 1 unspecified atom stereocenters. The van der Waals surface area contributed by atoms with Gasteiger partial charge >= 0.3 is 11.9 Å². The van der Waals surface area contributed by atoms with Crippen LogP contribution in [0.5, 0.6) is 0 Å². The Kier molecular flexibility index (Phi) is 9.72. The smallest absolute Gasteiger partial charge is 0.336 e. The molecule has 1 aliphatic rings. The third kappa shape index (κ3) is 5.34. The lowest BCUT2D eigenvalue weighted by Gasteiger charge is -2.29. The molecule has 0 bridgehead atoms. The molecule has 0 radical (unpaired) electrons. The highest BCUT2D eigenvalue weighted by molar-refractivity contribution is 6.31. The molecule has 1 atom stereocenters. The molecule has 1 heterocycles. The van der Waals surface area contributed by atoms with Crippen molar-refractivity contribution in [2.45, 2.75) is 20.3 Å². The van der Waals surface area contributed by atoms with E-state index in [1.165, 1.54) is 13.3 Å². The summed E-state index contributed by atoms with van der Waals surface area (Å²) in [7, 11) is 1.28. The van der Waals surface area contributed by atoms with Crippen LogP contribution < -0.4 is 11.1 Å². The largest absolute Gasteiger partial charge is 0.466 e. The molecule has 7 nitrogen and oxygen atoms in total. The Bertz CT molecular complexity index is 761. The van der Waals surface area contributed by atoms with Gasteiger partial charge in [-0.2, -0.15) is 0 Å². The molecule has 0 fully saturated rings. The van der Waals surface area contributed by atoms with Gasteiger partial charge < -0.3 is 25.3 Å². The minimum Gasteiger partial charge on any atom is -0.466 e. The van der Waals surface area contributed by atoms with Gasteiger partial charge in [-0.15, -0.1) is 0 Å². The van der Waals surface area contributed by atoms with E-state index in [0.29, 0.717) is 29.4 Å². The molecule has 0 amide bonds. The summed E-state index contributed by atoms with van der Waals surface area (Å²) in [6, 6.07) is 7.01. The third-order valence-corrected chi connectivity index (χ3v) is 4.31. The predicted molar refractivity (Wildman–Crippen MR) is 108 cm³/mol. The molecule has 28 heavy (non-hydrogen) atoms. The van der Waals surface area contributed by atoms with E-state index in [0.717, 1.165) is 0 Å². The Morgan fingerprint density at radius 2 is 1.96 bits per heavy atom. The van der Waals surface area contributed by atoms with Crippen molar-refractivity contribution in [2.75, 3.05) is 33.5 Å². The molecule has 0 saturated carbocycles. The van der Waals surface area contributed by atoms with Gasteiger partial charge in [0, 0.05) is 17.8 Å². The Morgan fingerprint density at radius 1 is 1.25 bits per heavy atom. The molecule has 2 rings (SSSR count). The molecule has 1 aromatic carbocycles. The van der Waals surface area contributed by atoms with Crippen LogP contribution in [-0.2, 0) is 23.8 Å². The van der Waals surface area contributed by atoms with E-state index in [9.17, 15) is 9.59 Å². The highest BCUT2D eigenvalue weighted by Gasteiger charge is 2.37. The topological polar surface area (TPSA) is 99.9 Å². The minimum absolute atomic E-state index is 0. The lowest BCUT2D eigenvalue weighted by Crippen LogP contribution is -2.32. The number of hydrogen-bond donors (Lipinski definition) is 2. The van der Waals surface area contributed by atoms with Crippen molar-refractivity contribution in [1.82, 2.24) is 5.32 Å². The maximum atomic E-state index is 12.8. The molecule has 0 spiro atoms. The lowest BCUT2D eigenvalue weighted by atomic mass is 9.82. The number of methoxy groups -OCH3 is 1. The van der Waals surface area contributed by atoms with E-state index >= 15 is 0 Å². The number of nitrogens with two attached hydrogens (primary N) is 1. The van der Waals surface area contributed by atoms with Crippen molar-refractivity contribution >= 4 is 23.5 Å². The van der Waals surface area contributed by atoms with Crippen LogP contribution in [0.2, 0.25) is 5.02 Å². The average Bonchev–Trinajstić information content (AvgIpc) is 2.67. The van der Waals surface area contributed by atoms with Gasteiger partial charge in [0.2, 0.25) is 0 Å². The van der Waals surface area contributed by atoms with E-state index in [1.807, 2.05) is 0 Å². The first-order valence-corrected chi connectivity index (χ1v) is 8.90. The maximum absolute atomic E-state index is 12.8. The molecule has 154 valence electrons. The predicted octanol–water partition coefficient (Wildman–Crippen LogP) is 2.51. The van der Waals surface area contributed by atoms with Gasteiger partial charge in [0.1, 0.15) is 0 Å². The van der Waals surface area contributed by atoms with Crippen LogP contribution in [0.25, 0.3) is 0 Å². The van der Waals surface area contributed by atoms with Crippen LogP contribution in [0, 0.1) is 0 Å². The Morgan fingerprint density at radius 3 is 2.57 bits per heavy atom. The number of nitrogens with one attached hydrogen (secondary N) is 1. The van der Waals surface area contributed by atoms with Gasteiger partial charge in [-0.25, -0.2) is 9.59 Å². The number of carbonyl (C=O) groups is 2. The molecule has 0 saturated heterocycles. The Balaban J connectivity index is 0.00000392. The number of hydrogen-bond acceptors (Lipinski definition) is 7. The van der Waals surface area contributed by atoms with Crippen LogP contribution >= 0.6 is 11.6 Å². The second kappa shape index (κ2) is 11.5. The number of ether oxygens (including phenoxy) is 3. The summed E-state index contributed by atoms with van der Waals surface area (Å²) >= 11 is 6.37. The van der Waals surface area contributed by atoms with Crippen molar-refractivity contribution in [2.24, 2.45) is 5.73 Å². The SMILES string of the molecule is C.CCOC(=O)C1=C(COCCN)NC=C(C(=O)OC)C1c1ccccc1Cl. The normalized spacial score (nSPS) is 15.9. The Hall–Kier alpha value is -2.35. The summed E-state index contributed by atoms with van der Waals surface area (Å²) < 4.78 is 15.6. The van der Waals surface area contributed by atoms with Gasteiger partial charge in [0.05, 0.1) is 49.7 Å².